The first-order valence-electron chi connectivity index (χ1n) is 28.0. The molecule has 2 aromatic carbocycles. The van der Waals surface area contributed by atoms with E-state index in [1.54, 1.807) is 12.1 Å². The summed E-state index contributed by atoms with van der Waals surface area (Å²) >= 11 is 0. The van der Waals surface area contributed by atoms with Crippen molar-refractivity contribution < 1.29 is 83.4 Å². The Hall–Kier alpha value is -4.97. The maximum Gasteiger partial charge on any atom is 0.303 e. The van der Waals surface area contributed by atoms with Gasteiger partial charge in [-0.05, 0) is 88.3 Å². The van der Waals surface area contributed by atoms with E-state index in [0.717, 1.165) is 64.8 Å². The Kier molecular flexibility index (Phi) is 27.6. The number of amides is 5. The molecule has 15 N–H and O–H groups in total. The SMILES string of the molecule is CC(=O)[C@H](Cc1ccc(O)cc1)NC1CSSCC2C(=O)[C@H](Cc3ccc(O)cc3)NC(=O)[C@H](CCC(=O)O)NC3CSSCC(N[C@@H]([C@@H](C)O)C(=O)NCC1=O)C(=O)[C@H](C)NC(=O)[C@@H]1CCCN1C(=O)[C@H](CC(N)=O)NC2CSSCC(O)(O)C3=O. The minimum atomic E-state index is -3.15. The summed E-state index contributed by atoms with van der Waals surface area (Å²) in [7, 11) is 5.65. The van der Waals surface area contributed by atoms with Gasteiger partial charge in [0.05, 0.1) is 73.2 Å². The van der Waals surface area contributed by atoms with Crippen LogP contribution in [0.1, 0.15) is 64.0 Å². The van der Waals surface area contributed by atoms with Crippen LogP contribution in [0.4, 0.5) is 0 Å². The number of aliphatic hydroxyl groups excluding tert-OH is 1. The molecular weight excluding hydrogens is 1250 g/mol. The number of carbonyl (C=O) groups is 11. The lowest BCUT2D eigenvalue weighted by molar-refractivity contribution is -0.175. The summed E-state index contributed by atoms with van der Waals surface area (Å²) in [6.07, 6.45) is -3.21. The number of carboxylic acids is 1. The lowest BCUT2D eigenvalue weighted by Crippen LogP contribution is -2.61. The third-order valence-electron chi connectivity index (χ3n) is 15.0. The molecular formula is C55H75N9O17S6. The average molecular weight is 1330 g/mol. The number of hydrogen-bond donors (Lipinski definition) is 14. The van der Waals surface area contributed by atoms with Gasteiger partial charge in [-0.3, -0.25) is 68.7 Å². The summed E-state index contributed by atoms with van der Waals surface area (Å²) < 4.78 is 0. The number of nitrogens with two attached hydrogens (primary N) is 1. The van der Waals surface area contributed by atoms with E-state index in [9.17, 15) is 73.8 Å². The highest BCUT2D eigenvalue weighted by Gasteiger charge is 2.45. The van der Waals surface area contributed by atoms with Gasteiger partial charge in [0.25, 0.3) is 0 Å². The Bertz CT molecular complexity index is 2810. The summed E-state index contributed by atoms with van der Waals surface area (Å²) in [5, 5.41) is 84.7. The van der Waals surface area contributed by atoms with Crippen LogP contribution in [0.25, 0.3) is 0 Å². The third kappa shape index (κ3) is 21.1. The Balaban J connectivity index is 1.59. The molecule has 87 heavy (non-hydrogen) atoms. The van der Waals surface area contributed by atoms with E-state index in [0.29, 0.717) is 17.5 Å². The number of fused-ring (bicyclic) bond motifs is 12. The first-order chi connectivity index (χ1) is 41.2. The third-order valence-corrected chi connectivity index (χ3v) is 22.3. The van der Waals surface area contributed by atoms with Gasteiger partial charge in [0.1, 0.15) is 29.4 Å². The summed E-state index contributed by atoms with van der Waals surface area (Å²) in [5.74, 6) is -16.2. The summed E-state index contributed by atoms with van der Waals surface area (Å²) in [6, 6.07) is -3.77. The molecule has 4 fully saturated rings. The van der Waals surface area contributed by atoms with Gasteiger partial charge in [0, 0.05) is 53.7 Å². The van der Waals surface area contributed by atoms with Crippen LogP contribution in [-0.2, 0) is 65.6 Å². The van der Waals surface area contributed by atoms with Crippen LogP contribution < -0.4 is 43.0 Å². The molecule has 478 valence electrons. The molecule has 3 bridgehead atoms. The van der Waals surface area contributed by atoms with Crippen molar-refractivity contribution >= 4 is 129 Å². The van der Waals surface area contributed by atoms with Gasteiger partial charge in [-0.15, -0.1) is 0 Å². The maximum atomic E-state index is 15.9. The van der Waals surface area contributed by atoms with Gasteiger partial charge >= 0.3 is 5.97 Å². The molecule has 26 nitrogen and oxygen atoms in total. The second-order valence-electron chi connectivity index (χ2n) is 21.7. The predicted octanol–water partition coefficient (Wildman–Crippen LogP) is -1.24. The highest BCUT2D eigenvalue weighted by Crippen LogP contribution is 2.35. The van der Waals surface area contributed by atoms with Crippen LogP contribution in [0, 0.1) is 5.92 Å². The second kappa shape index (κ2) is 33.7. The molecule has 0 spiro atoms. The fourth-order valence-electron chi connectivity index (χ4n) is 10.2. The van der Waals surface area contributed by atoms with E-state index in [2.05, 4.69) is 37.2 Å². The quantitative estimate of drug-likeness (QED) is 0.0823. The number of nitrogens with one attached hydrogen (secondary N) is 7. The number of Topliss-reactive ketones (excluding diaryl/α,β-unsaturated/α-hetero) is 5. The smallest absolute Gasteiger partial charge is 0.303 e. The zero-order valence-electron chi connectivity index (χ0n) is 47.9. The summed E-state index contributed by atoms with van der Waals surface area (Å²) in [6.45, 7) is 3.25. The van der Waals surface area contributed by atoms with Crippen molar-refractivity contribution in [3.05, 3.63) is 59.7 Å². The standard InChI is InChI=1S/C55H75N9O17S6/c1-27-48(73)41-24-84-85-25-42-50(75)55(80,81)26-87-86-22-39(61-38(19-45(56)70)54(79)64-16-4-5-43(64)52(77)58-27)34(49(74)37(18-31-8-12-33(68)13-9-31)63-51(76)35(59-42)14-15-46(71)72)21-82-83-23-40(44(69)20-57-53(78)47(62-41)29(3)66)60-36(28(2)65)17-30-6-10-32(67)11-7-30/h6-13,27,29,34-43,47,59-62,66-68,80-81H,4-5,14-26H2,1-3H3,(H2,56,70)(H,57,78)(H,58,77)(H,63,76)(H,71,72)/t27-,29+,34?,35-,36-,37-,38-,39?,40?,41?,42?,43-,47-/m0/s1. The molecule has 0 radical (unpaired) electrons. The van der Waals surface area contributed by atoms with Gasteiger partial charge in [-0.2, -0.15) is 0 Å². The maximum absolute atomic E-state index is 15.9. The lowest BCUT2D eigenvalue weighted by Gasteiger charge is -2.35. The lowest BCUT2D eigenvalue weighted by atomic mass is 9.89. The van der Waals surface area contributed by atoms with Crippen LogP contribution in [0.3, 0.4) is 0 Å². The molecule has 0 saturated carbocycles. The average Bonchev–Trinajstić information content (AvgIpc) is 3.21. The number of phenolic OH excluding ortho intramolecular Hbond substituents is 2. The molecule has 0 aliphatic carbocycles. The largest absolute Gasteiger partial charge is 0.508 e. The summed E-state index contributed by atoms with van der Waals surface area (Å²) in [4.78, 5) is 158. The predicted molar refractivity (Wildman–Crippen MR) is 332 cm³/mol. The van der Waals surface area contributed by atoms with Crippen molar-refractivity contribution in [1.82, 2.24) is 42.1 Å². The van der Waals surface area contributed by atoms with Crippen LogP contribution in [0.15, 0.2) is 48.5 Å². The van der Waals surface area contributed by atoms with E-state index < -0.39 is 180 Å². The number of primary amides is 1. The molecule has 6 rings (SSSR count). The normalized spacial score (nSPS) is 29.1. The Morgan fingerprint density at radius 2 is 1.37 bits per heavy atom. The number of rotatable bonds is 13. The number of hydrogen-bond acceptors (Lipinski definition) is 26. The molecule has 4 saturated heterocycles. The van der Waals surface area contributed by atoms with E-state index in [-0.39, 0.29) is 66.1 Å². The Labute approximate surface area is 526 Å². The Morgan fingerprint density at radius 1 is 0.747 bits per heavy atom. The van der Waals surface area contributed by atoms with Crippen molar-refractivity contribution in [3.8, 4) is 11.5 Å². The second-order valence-corrected chi connectivity index (χ2v) is 29.3. The molecule has 4 heterocycles. The number of nitrogens with zero attached hydrogens (tertiary/aromatic N) is 1. The van der Waals surface area contributed by atoms with Crippen molar-refractivity contribution in [2.75, 3.05) is 47.6 Å². The molecule has 0 aromatic heterocycles. The van der Waals surface area contributed by atoms with Gasteiger partial charge in [-0.25, -0.2) is 0 Å². The molecule has 4 aliphatic heterocycles. The van der Waals surface area contributed by atoms with Crippen LogP contribution in [0.2, 0.25) is 0 Å². The number of aromatic hydroxyl groups is 2. The minimum absolute atomic E-state index is 0.00119. The fourth-order valence-corrected chi connectivity index (χ4v) is 17.5. The van der Waals surface area contributed by atoms with Gasteiger partial charge in [0.15, 0.2) is 17.3 Å². The van der Waals surface area contributed by atoms with Crippen molar-refractivity contribution in [2.24, 2.45) is 11.7 Å². The highest BCUT2D eigenvalue weighted by molar-refractivity contribution is 8.77. The van der Waals surface area contributed by atoms with Crippen LogP contribution in [0.5, 0.6) is 11.5 Å². The van der Waals surface area contributed by atoms with Crippen LogP contribution >= 0.6 is 64.8 Å². The van der Waals surface area contributed by atoms with E-state index in [1.165, 1.54) is 62.1 Å². The molecule has 13 atom stereocenters. The number of carboxylic acid groups (broad SMARTS) is 1. The number of benzene rings is 2. The molecule has 5 amide bonds. The number of aliphatic hydroxyl groups is 3. The van der Waals surface area contributed by atoms with Crippen molar-refractivity contribution in [2.45, 2.75) is 144 Å². The summed E-state index contributed by atoms with van der Waals surface area (Å²) in [5.41, 5.74) is 6.88. The van der Waals surface area contributed by atoms with Crippen molar-refractivity contribution in [3.63, 3.8) is 0 Å². The fraction of sp³-hybridized carbons (Fsp3) is 0.582. The van der Waals surface area contributed by atoms with Gasteiger partial charge < -0.3 is 62.5 Å². The first kappa shape index (κ1) is 71.1. The molecule has 32 heteroatoms. The molecule has 2 aromatic rings. The minimum Gasteiger partial charge on any atom is -0.508 e. The van der Waals surface area contributed by atoms with E-state index in [4.69, 9.17) is 5.73 Å². The van der Waals surface area contributed by atoms with E-state index >= 15 is 9.59 Å². The number of carbonyl (C=O) groups excluding carboxylic acids is 10. The number of aliphatic carboxylic acids is 1. The van der Waals surface area contributed by atoms with E-state index in [1.807, 2.05) is 0 Å². The van der Waals surface area contributed by atoms with Gasteiger partial charge in [0.2, 0.25) is 41.1 Å². The van der Waals surface area contributed by atoms with Crippen LogP contribution in [-0.4, -0.2) is 226 Å². The van der Waals surface area contributed by atoms with Gasteiger partial charge in [-0.1, -0.05) is 89.0 Å². The number of phenols is 2. The first-order valence-corrected chi connectivity index (χ1v) is 35.5. The van der Waals surface area contributed by atoms with Crippen molar-refractivity contribution in [1.29, 1.82) is 0 Å². The zero-order chi connectivity index (χ0) is 63.7. The molecule has 4 aliphatic rings. The number of ketones is 5. The highest BCUT2D eigenvalue weighted by atomic mass is 33.1. The topological polar surface area (TPSA) is 423 Å². The Morgan fingerprint density at radius 3 is 2.00 bits per heavy atom. The molecule has 5 unspecified atom stereocenters. The monoisotopic (exact) mass is 1330 g/mol. The zero-order valence-corrected chi connectivity index (χ0v) is 52.8.